The second-order valence-corrected chi connectivity index (χ2v) is 5.66. The van der Waals surface area contributed by atoms with E-state index < -0.39 is 0 Å². The Morgan fingerprint density at radius 2 is 1.82 bits per heavy atom. The van der Waals surface area contributed by atoms with Crippen LogP contribution in [0.3, 0.4) is 0 Å². The molecule has 5 heteroatoms. The summed E-state index contributed by atoms with van der Waals surface area (Å²) < 4.78 is 1.81. The van der Waals surface area contributed by atoms with Crippen LogP contribution in [0.4, 0.5) is 0 Å². The summed E-state index contributed by atoms with van der Waals surface area (Å²) in [5, 5.41) is 9.22. The second kappa shape index (κ2) is 5.91. The van der Waals surface area contributed by atoms with Gasteiger partial charge in [-0.3, -0.25) is 0 Å². The topological polar surface area (TPSA) is 56.7 Å². The first kappa shape index (κ1) is 14.8. The summed E-state index contributed by atoms with van der Waals surface area (Å²) in [4.78, 5) is 0. The molecule has 0 aliphatic heterocycles. The Balaban J connectivity index is 2.23. The molecule has 0 spiro atoms. The number of nitrogens with two attached hydrogens (primary N) is 1. The Kier molecular flexibility index (Phi) is 3.96. The number of halogens is 1. The number of hydrogen-bond acceptors (Lipinski definition) is 3. The zero-order chi connectivity index (χ0) is 15.7. The normalized spacial score (nSPS) is 10.9. The van der Waals surface area contributed by atoms with Gasteiger partial charge in [0.25, 0.3) is 0 Å². The first-order chi connectivity index (χ1) is 10.6. The largest absolute Gasteiger partial charge is 0.325 e. The maximum absolute atomic E-state index is 6.24. The van der Waals surface area contributed by atoms with Crippen LogP contribution >= 0.6 is 11.6 Å². The first-order valence-electron chi connectivity index (χ1n) is 7.09. The highest BCUT2D eigenvalue weighted by Gasteiger charge is 2.17. The minimum atomic E-state index is 0.336. The number of benzene rings is 2. The molecule has 112 valence electrons. The van der Waals surface area contributed by atoms with Gasteiger partial charge in [-0.2, -0.15) is 0 Å². The Morgan fingerprint density at radius 3 is 2.50 bits per heavy atom. The molecule has 2 N–H and O–H groups in total. The summed E-state index contributed by atoms with van der Waals surface area (Å²) in [6.45, 7) is 4.37. The van der Waals surface area contributed by atoms with E-state index in [1.165, 1.54) is 5.56 Å². The number of nitrogens with zero attached hydrogens (tertiary/aromatic N) is 3. The maximum atomic E-state index is 6.24. The van der Waals surface area contributed by atoms with E-state index >= 15 is 0 Å². The summed E-state index contributed by atoms with van der Waals surface area (Å²) in [7, 11) is 0. The van der Waals surface area contributed by atoms with Crippen molar-refractivity contribution in [2.24, 2.45) is 5.73 Å². The van der Waals surface area contributed by atoms with E-state index in [0.717, 1.165) is 28.2 Å². The van der Waals surface area contributed by atoms with Crippen LogP contribution in [0.25, 0.3) is 16.9 Å². The van der Waals surface area contributed by atoms with Gasteiger partial charge >= 0.3 is 0 Å². The average Bonchev–Trinajstić information content (AvgIpc) is 2.94. The molecule has 0 aliphatic carbocycles. The summed E-state index contributed by atoms with van der Waals surface area (Å²) >= 11 is 6.24. The van der Waals surface area contributed by atoms with E-state index in [0.29, 0.717) is 11.6 Å². The van der Waals surface area contributed by atoms with Gasteiger partial charge in [0.05, 0.1) is 11.4 Å². The van der Waals surface area contributed by atoms with Gasteiger partial charge in [0, 0.05) is 17.1 Å². The van der Waals surface area contributed by atoms with Crippen molar-refractivity contribution in [3.05, 3.63) is 64.3 Å². The third-order valence-corrected chi connectivity index (χ3v) is 4.14. The molecule has 2 aromatic carbocycles. The maximum Gasteiger partial charge on any atom is 0.105 e. The lowest BCUT2D eigenvalue weighted by Crippen LogP contribution is -2.04. The van der Waals surface area contributed by atoms with Gasteiger partial charge in [0.15, 0.2) is 0 Å². The summed E-state index contributed by atoms with van der Waals surface area (Å²) in [5.74, 6) is 0. The Hall–Kier alpha value is -2.17. The molecule has 0 saturated heterocycles. The van der Waals surface area contributed by atoms with Crippen LogP contribution in [0.15, 0.2) is 42.5 Å². The molecule has 0 unspecified atom stereocenters. The van der Waals surface area contributed by atoms with Gasteiger partial charge in [-0.25, -0.2) is 4.68 Å². The van der Waals surface area contributed by atoms with Crippen molar-refractivity contribution < 1.29 is 0 Å². The lowest BCUT2D eigenvalue weighted by molar-refractivity contribution is 0.796. The molecule has 3 rings (SSSR count). The minimum absolute atomic E-state index is 0.336. The van der Waals surface area contributed by atoms with Crippen molar-refractivity contribution in [3.63, 3.8) is 0 Å². The van der Waals surface area contributed by atoms with Crippen LogP contribution in [-0.2, 0) is 6.54 Å². The molecule has 0 amide bonds. The molecular weight excluding hydrogens is 296 g/mol. The summed E-state index contributed by atoms with van der Waals surface area (Å²) in [5.41, 5.74) is 11.6. The molecular formula is C17H17ClN4. The molecule has 3 aromatic rings. The van der Waals surface area contributed by atoms with E-state index in [-0.39, 0.29) is 0 Å². The molecule has 0 aliphatic rings. The van der Waals surface area contributed by atoms with Gasteiger partial charge in [-0.1, -0.05) is 52.7 Å². The highest BCUT2D eigenvalue weighted by molar-refractivity contribution is 6.31. The Morgan fingerprint density at radius 1 is 1.09 bits per heavy atom. The molecule has 1 aromatic heterocycles. The van der Waals surface area contributed by atoms with Crippen molar-refractivity contribution >= 4 is 11.6 Å². The van der Waals surface area contributed by atoms with E-state index in [4.69, 9.17) is 17.3 Å². The smallest absolute Gasteiger partial charge is 0.105 e. The molecule has 22 heavy (non-hydrogen) atoms. The molecule has 0 bridgehead atoms. The lowest BCUT2D eigenvalue weighted by Gasteiger charge is -2.11. The molecule has 0 atom stereocenters. The van der Waals surface area contributed by atoms with Crippen LogP contribution in [0.2, 0.25) is 5.02 Å². The monoisotopic (exact) mass is 312 g/mol. The standard InChI is InChI=1S/C17H17ClN4/c1-11-6-8-13(9-7-11)17-15(10-19)20-21-22(17)16-5-3-4-14(18)12(16)2/h3-9H,10,19H2,1-2H3. The SMILES string of the molecule is Cc1ccc(-c2c(CN)nnn2-c2cccc(Cl)c2C)cc1. The number of hydrogen-bond donors (Lipinski definition) is 1. The highest BCUT2D eigenvalue weighted by Crippen LogP contribution is 2.29. The van der Waals surface area contributed by atoms with E-state index in [1.54, 1.807) is 0 Å². The van der Waals surface area contributed by atoms with E-state index in [9.17, 15) is 0 Å². The van der Waals surface area contributed by atoms with Gasteiger partial charge in [-0.05, 0) is 31.5 Å². The molecule has 0 fully saturated rings. The first-order valence-corrected chi connectivity index (χ1v) is 7.46. The third-order valence-electron chi connectivity index (χ3n) is 3.73. The predicted molar refractivity (Wildman–Crippen MR) is 89.2 cm³/mol. The van der Waals surface area contributed by atoms with Crippen LogP contribution < -0.4 is 5.73 Å². The van der Waals surface area contributed by atoms with Crippen LogP contribution in [-0.4, -0.2) is 15.0 Å². The van der Waals surface area contributed by atoms with Crippen molar-refractivity contribution in [1.82, 2.24) is 15.0 Å². The van der Waals surface area contributed by atoms with Gasteiger partial charge in [0.1, 0.15) is 5.69 Å². The number of aryl methyl sites for hydroxylation is 1. The molecule has 0 saturated carbocycles. The summed E-state index contributed by atoms with van der Waals surface area (Å²) in [6.07, 6.45) is 0. The Bertz CT molecular complexity index is 806. The van der Waals surface area contributed by atoms with E-state index in [1.807, 2.05) is 29.8 Å². The quantitative estimate of drug-likeness (QED) is 0.803. The zero-order valence-electron chi connectivity index (χ0n) is 12.5. The van der Waals surface area contributed by atoms with Crippen LogP contribution in [0.1, 0.15) is 16.8 Å². The van der Waals surface area contributed by atoms with Gasteiger partial charge < -0.3 is 5.73 Å². The third kappa shape index (κ3) is 2.51. The van der Waals surface area contributed by atoms with Crippen molar-refractivity contribution in [2.75, 3.05) is 0 Å². The second-order valence-electron chi connectivity index (χ2n) is 5.25. The number of rotatable bonds is 3. The molecule has 4 nitrogen and oxygen atoms in total. The fourth-order valence-electron chi connectivity index (χ4n) is 2.45. The van der Waals surface area contributed by atoms with Crippen molar-refractivity contribution in [2.45, 2.75) is 20.4 Å². The molecule has 0 radical (unpaired) electrons. The Labute approximate surface area is 134 Å². The van der Waals surface area contributed by atoms with Gasteiger partial charge in [-0.15, -0.1) is 5.10 Å². The minimum Gasteiger partial charge on any atom is -0.325 e. The van der Waals surface area contributed by atoms with Crippen molar-refractivity contribution in [3.8, 4) is 16.9 Å². The number of aromatic nitrogens is 3. The fraction of sp³-hybridized carbons (Fsp3) is 0.176. The summed E-state index contributed by atoms with van der Waals surface area (Å²) in [6, 6.07) is 14.0. The lowest BCUT2D eigenvalue weighted by atomic mass is 10.1. The van der Waals surface area contributed by atoms with Crippen molar-refractivity contribution in [1.29, 1.82) is 0 Å². The zero-order valence-corrected chi connectivity index (χ0v) is 13.3. The average molecular weight is 313 g/mol. The molecule has 1 heterocycles. The van der Waals surface area contributed by atoms with Crippen LogP contribution in [0, 0.1) is 13.8 Å². The van der Waals surface area contributed by atoms with Crippen LogP contribution in [0.5, 0.6) is 0 Å². The highest BCUT2D eigenvalue weighted by atomic mass is 35.5. The van der Waals surface area contributed by atoms with Gasteiger partial charge in [0.2, 0.25) is 0 Å². The van der Waals surface area contributed by atoms with E-state index in [2.05, 4.69) is 41.5 Å². The fourth-order valence-corrected chi connectivity index (χ4v) is 2.61. The predicted octanol–water partition coefficient (Wildman–Crippen LogP) is 3.66.